The molecule has 0 unspecified atom stereocenters. The van der Waals surface area contributed by atoms with E-state index in [-0.39, 0.29) is 5.69 Å². The molecule has 0 saturated heterocycles. The molecule has 3 aromatic rings. The van der Waals surface area contributed by atoms with Crippen molar-refractivity contribution in [3.63, 3.8) is 0 Å². The molecule has 0 atom stereocenters. The third-order valence-corrected chi connectivity index (χ3v) is 4.83. The van der Waals surface area contributed by atoms with E-state index in [0.717, 1.165) is 0 Å². The summed E-state index contributed by atoms with van der Waals surface area (Å²) < 4.78 is 19.5. The number of carbonyl (C=O) groups excluding carboxylic acids is 2. The molecule has 2 amide bonds. The zero-order valence-corrected chi connectivity index (χ0v) is 15.5. The number of anilines is 2. The average molecular weight is 390 g/mol. The Kier molecular flexibility index (Phi) is 4.99. The highest BCUT2D eigenvalue weighted by Crippen LogP contribution is 2.47. The Balaban J connectivity index is 1.39. The van der Waals surface area contributed by atoms with Gasteiger partial charge in [0, 0.05) is 5.69 Å². The molecule has 146 valence electrons. The molecular weight excluding hydrogens is 371 g/mol. The summed E-state index contributed by atoms with van der Waals surface area (Å²) in [5, 5.41) is 5.29. The Morgan fingerprint density at radius 1 is 0.759 bits per heavy atom. The van der Waals surface area contributed by atoms with E-state index in [0.29, 0.717) is 30.0 Å². The Bertz CT molecular complexity index is 1030. The highest BCUT2D eigenvalue weighted by molar-refractivity contribution is 6.16. The molecule has 1 aliphatic rings. The van der Waals surface area contributed by atoms with Gasteiger partial charge in [0.05, 0.1) is 5.69 Å². The summed E-state index contributed by atoms with van der Waals surface area (Å²) in [6, 6.07) is 22.1. The third-order valence-electron chi connectivity index (χ3n) is 4.83. The van der Waals surface area contributed by atoms with E-state index in [2.05, 4.69) is 10.6 Å². The molecular formula is C23H19FN2O3. The van der Waals surface area contributed by atoms with Crippen molar-refractivity contribution >= 4 is 23.2 Å². The van der Waals surface area contributed by atoms with Gasteiger partial charge < -0.3 is 15.4 Å². The maximum atomic E-state index is 13.8. The van der Waals surface area contributed by atoms with E-state index in [1.165, 1.54) is 18.2 Å². The number of rotatable bonds is 6. The number of halogens is 1. The molecule has 6 heteroatoms. The van der Waals surface area contributed by atoms with Crippen LogP contribution >= 0.6 is 0 Å². The molecule has 0 heterocycles. The minimum absolute atomic E-state index is 0.0685. The summed E-state index contributed by atoms with van der Waals surface area (Å²) in [5.41, 5.74) is -0.541. The summed E-state index contributed by atoms with van der Waals surface area (Å²) in [6.07, 6.45) is 0.850. The van der Waals surface area contributed by atoms with Crippen LogP contribution in [-0.2, 0) is 9.59 Å². The number of benzene rings is 3. The highest BCUT2D eigenvalue weighted by Gasteiger charge is 2.56. The van der Waals surface area contributed by atoms with Crippen LogP contribution in [0.1, 0.15) is 12.8 Å². The fraction of sp³-hybridized carbons (Fsp3) is 0.130. The van der Waals surface area contributed by atoms with Crippen LogP contribution in [0.2, 0.25) is 0 Å². The van der Waals surface area contributed by atoms with Crippen LogP contribution in [0.4, 0.5) is 15.8 Å². The summed E-state index contributed by atoms with van der Waals surface area (Å²) in [6.45, 7) is 0. The van der Waals surface area contributed by atoms with Crippen molar-refractivity contribution in [2.45, 2.75) is 12.8 Å². The van der Waals surface area contributed by atoms with Crippen LogP contribution in [0.3, 0.4) is 0 Å². The lowest BCUT2D eigenvalue weighted by Gasteiger charge is -2.16. The van der Waals surface area contributed by atoms with Gasteiger partial charge in [-0.15, -0.1) is 0 Å². The predicted octanol–water partition coefficient (Wildman–Crippen LogP) is 4.98. The lowest BCUT2D eigenvalue weighted by Crippen LogP contribution is -2.35. The maximum absolute atomic E-state index is 13.8. The Labute approximate surface area is 167 Å². The molecule has 3 aromatic carbocycles. The topological polar surface area (TPSA) is 67.4 Å². The van der Waals surface area contributed by atoms with Crippen molar-refractivity contribution < 1.29 is 18.7 Å². The van der Waals surface area contributed by atoms with Crippen molar-refractivity contribution in [2.24, 2.45) is 5.41 Å². The van der Waals surface area contributed by atoms with Gasteiger partial charge >= 0.3 is 0 Å². The monoisotopic (exact) mass is 390 g/mol. The van der Waals surface area contributed by atoms with Gasteiger partial charge in [0.25, 0.3) is 0 Å². The van der Waals surface area contributed by atoms with E-state index in [1.807, 2.05) is 30.3 Å². The zero-order valence-electron chi connectivity index (χ0n) is 15.5. The van der Waals surface area contributed by atoms with Crippen LogP contribution in [0.5, 0.6) is 11.5 Å². The van der Waals surface area contributed by atoms with Crippen molar-refractivity contribution in [1.29, 1.82) is 0 Å². The fourth-order valence-electron chi connectivity index (χ4n) is 2.97. The number of ether oxygens (including phenoxy) is 1. The summed E-state index contributed by atoms with van der Waals surface area (Å²) >= 11 is 0. The van der Waals surface area contributed by atoms with Crippen molar-refractivity contribution in [3.8, 4) is 11.5 Å². The minimum atomic E-state index is -1.17. The van der Waals surface area contributed by atoms with Crippen LogP contribution in [0.25, 0.3) is 0 Å². The van der Waals surface area contributed by atoms with E-state index >= 15 is 0 Å². The van der Waals surface area contributed by atoms with Crippen LogP contribution < -0.4 is 15.4 Å². The van der Waals surface area contributed by atoms with Gasteiger partial charge in [-0.25, -0.2) is 4.39 Å². The second kappa shape index (κ2) is 7.75. The normalized spacial score (nSPS) is 14.0. The lowest BCUT2D eigenvalue weighted by atomic mass is 10.0. The van der Waals surface area contributed by atoms with E-state index in [4.69, 9.17) is 4.74 Å². The number of nitrogens with one attached hydrogen (secondary N) is 2. The second-order valence-corrected chi connectivity index (χ2v) is 6.91. The summed E-state index contributed by atoms with van der Waals surface area (Å²) in [7, 11) is 0. The molecule has 0 aromatic heterocycles. The van der Waals surface area contributed by atoms with Crippen LogP contribution in [-0.4, -0.2) is 11.8 Å². The quantitative estimate of drug-likeness (QED) is 0.584. The Morgan fingerprint density at radius 3 is 2.00 bits per heavy atom. The van der Waals surface area contributed by atoms with Crippen molar-refractivity contribution in [3.05, 3.63) is 84.7 Å². The first-order valence-electron chi connectivity index (χ1n) is 9.27. The number of carbonyl (C=O) groups is 2. The molecule has 0 aliphatic heterocycles. The van der Waals surface area contributed by atoms with Gasteiger partial charge in [-0.2, -0.15) is 0 Å². The smallest absolute Gasteiger partial charge is 0.240 e. The minimum Gasteiger partial charge on any atom is -0.457 e. The maximum Gasteiger partial charge on any atom is 0.240 e. The standard InChI is InChI=1S/C23H19FN2O3/c24-19-8-4-5-9-20(19)26-22(28)23(14-15-23)21(27)25-16-10-12-18(13-11-16)29-17-6-2-1-3-7-17/h1-13H,14-15H2,(H,25,27)(H,26,28). The first-order chi connectivity index (χ1) is 14.1. The van der Waals surface area contributed by atoms with Gasteiger partial charge in [-0.3, -0.25) is 9.59 Å². The highest BCUT2D eigenvalue weighted by atomic mass is 19.1. The molecule has 4 rings (SSSR count). The number of hydrogen-bond acceptors (Lipinski definition) is 3. The molecule has 1 aliphatic carbocycles. The number of amides is 2. The Hall–Kier alpha value is -3.67. The fourth-order valence-corrected chi connectivity index (χ4v) is 2.97. The third kappa shape index (κ3) is 4.11. The Morgan fingerprint density at radius 2 is 1.34 bits per heavy atom. The van der Waals surface area contributed by atoms with Gasteiger partial charge in [0.15, 0.2) is 0 Å². The molecule has 0 spiro atoms. The number of hydrogen-bond donors (Lipinski definition) is 2. The van der Waals surface area contributed by atoms with E-state index in [1.54, 1.807) is 30.3 Å². The summed E-state index contributed by atoms with van der Waals surface area (Å²) in [4.78, 5) is 25.3. The van der Waals surface area contributed by atoms with Gasteiger partial charge in [0.1, 0.15) is 22.7 Å². The van der Waals surface area contributed by atoms with Gasteiger partial charge in [-0.05, 0) is 61.4 Å². The van der Waals surface area contributed by atoms with Crippen LogP contribution in [0.15, 0.2) is 78.9 Å². The van der Waals surface area contributed by atoms with Crippen molar-refractivity contribution in [1.82, 2.24) is 0 Å². The van der Waals surface area contributed by atoms with Gasteiger partial charge in [-0.1, -0.05) is 30.3 Å². The lowest BCUT2D eigenvalue weighted by molar-refractivity contribution is -0.131. The van der Waals surface area contributed by atoms with E-state index < -0.39 is 23.0 Å². The summed E-state index contributed by atoms with van der Waals surface area (Å²) in [5.74, 6) is -0.0862. The van der Waals surface area contributed by atoms with E-state index in [9.17, 15) is 14.0 Å². The zero-order chi connectivity index (χ0) is 20.3. The van der Waals surface area contributed by atoms with Gasteiger partial charge in [0.2, 0.25) is 11.8 Å². The molecule has 0 radical (unpaired) electrons. The number of para-hydroxylation sites is 2. The molecule has 1 fully saturated rings. The molecule has 0 bridgehead atoms. The first kappa shape index (κ1) is 18.7. The predicted molar refractivity (Wildman–Crippen MR) is 108 cm³/mol. The molecule has 2 N–H and O–H groups in total. The van der Waals surface area contributed by atoms with Crippen LogP contribution in [0, 0.1) is 11.2 Å². The van der Waals surface area contributed by atoms with Crippen molar-refractivity contribution in [2.75, 3.05) is 10.6 Å². The largest absolute Gasteiger partial charge is 0.457 e. The SMILES string of the molecule is O=C(Nc1ccc(Oc2ccccc2)cc1)C1(C(=O)Nc2ccccc2F)CC1. The molecule has 5 nitrogen and oxygen atoms in total. The molecule has 1 saturated carbocycles. The average Bonchev–Trinajstić information content (AvgIpc) is 3.54. The molecule has 29 heavy (non-hydrogen) atoms. The first-order valence-corrected chi connectivity index (χ1v) is 9.27. The second-order valence-electron chi connectivity index (χ2n) is 6.91.